The third-order valence-corrected chi connectivity index (χ3v) is 2.81. The Balaban J connectivity index is 2.97. The summed E-state index contributed by atoms with van der Waals surface area (Å²) in [5.41, 5.74) is 13.4. The number of thiocarbonyl (C=S) groups is 1. The summed E-state index contributed by atoms with van der Waals surface area (Å²) < 4.78 is 11.1. The predicted molar refractivity (Wildman–Crippen MR) is 82.9 cm³/mol. The molecule has 1 rings (SSSR count). The van der Waals surface area contributed by atoms with Gasteiger partial charge in [-0.2, -0.15) is 5.10 Å². The lowest BCUT2D eigenvalue weighted by Crippen LogP contribution is -2.24. The van der Waals surface area contributed by atoms with E-state index in [0.717, 1.165) is 0 Å². The van der Waals surface area contributed by atoms with Crippen LogP contribution >= 0.6 is 28.1 Å². The van der Waals surface area contributed by atoms with E-state index in [9.17, 15) is 4.79 Å². The first-order chi connectivity index (χ1) is 9.43. The zero-order valence-electron chi connectivity index (χ0n) is 10.6. The van der Waals surface area contributed by atoms with Crippen molar-refractivity contribution in [2.45, 2.75) is 0 Å². The molecule has 0 saturated heterocycles. The van der Waals surface area contributed by atoms with Crippen LogP contribution in [-0.4, -0.2) is 31.0 Å². The Morgan fingerprint density at radius 3 is 2.75 bits per heavy atom. The summed E-state index contributed by atoms with van der Waals surface area (Å²) in [5, 5.41) is 3.90. The number of amides is 1. The minimum atomic E-state index is -0.575. The van der Waals surface area contributed by atoms with Crippen molar-refractivity contribution in [2.75, 3.05) is 13.7 Å². The van der Waals surface area contributed by atoms with Gasteiger partial charge in [0.2, 0.25) is 0 Å². The average Bonchev–Trinajstić information content (AvgIpc) is 2.37. The molecular formula is C11H13BrN4O3S. The fourth-order valence-electron chi connectivity index (χ4n) is 1.24. The monoisotopic (exact) mass is 360 g/mol. The van der Waals surface area contributed by atoms with Gasteiger partial charge in [-0.3, -0.25) is 10.2 Å². The van der Waals surface area contributed by atoms with E-state index in [4.69, 9.17) is 20.9 Å². The third-order valence-electron chi connectivity index (χ3n) is 2.03. The van der Waals surface area contributed by atoms with Crippen LogP contribution < -0.4 is 26.4 Å². The highest BCUT2D eigenvalue weighted by atomic mass is 79.9. The maximum absolute atomic E-state index is 10.7. The number of rotatable bonds is 6. The molecule has 0 unspecified atom stereocenters. The van der Waals surface area contributed by atoms with Crippen LogP contribution in [0.25, 0.3) is 0 Å². The summed E-state index contributed by atoms with van der Waals surface area (Å²) in [4.78, 5) is 10.7. The normalized spacial score (nSPS) is 10.3. The van der Waals surface area contributed by atoms with E-state index in [2.05, 4.69) is 38.7 Å². The summed E-state index contributed by atoms with van der Waals surface area (Å²) >= 11 is 7.97. The fraction of sp³-hybridized carbons (Fsp3) is 0.182. The van der Waals surface area contributed by atoms with Gasteiger partial charge in [-0.15, -0.1) is 0 Å². The molecule has 0 aliphatic heterocycles. The summed E-state index contributed by atoms with van der Waals surface area (Å²) in [6.07, 6.45) is 1.50. The first-order valence-corrected chi connectivity index (χ1v) is 6.51. The zero-order chi connectivity index (χ0) is 15.1. The topological polar surface area (TPSA) is 112 Å². The lowest BCUT2D eigenvalue weighted by atomic mass is 10.2. The number of hydrogen-bond donors (Lipinski definition) is 3. The number of nitrogens with zero attached hydrogens (tertiary/aromatic N) is 1. The summed E-state index contributed by atoms with van der Waals surface area (Å²) in [6, 6.07) is 3.31. The largest absolute Gasteiger partial charge is 0.493 e. The molecule has 20 heavy (non-hydrogen) atoms. The molecule has 0 radical (unpaired) electrons. The quantitative estimate of drug-likeness (QED) is 0.386. The van der Waals surface area contributed by atoms with Crippen molar-refractivity contribution in [3.63, 3.8) is 0 Å². The summed E-state index contributed by atoms with van der Waals surface area (Å²) in [6.45, 7) is -0.237. The van der Waals surface area contributed by atoms with Crippen molar-refractivity contribution in [3.05, 3.63) is 22.2 Å². The smallest absolute Gasteiger partial charge is 0.255 e. The maximum Gasteiger partial charge on any atom is 0.255 e. The highest BCUT2D eigenvalue weighted by Crippen LogP contribution is 2.32. The van der Waals surface area contributed by atoms with E-state index in [-0.39, 0.29) is 11.7 Å². The predicted octanol–water partition coefficient (Wildman–Crippen LogP) is 0.489. The van der Waals surface area contributed by atoms with Crippen LogP contribution in [0.4, 0.5) is 0 Å². The van der Waals surface area contributed by atoms with E-state index in [0.29, 0.717) is 21.5 Å². The van der Waals surface area contributed by atoms with Gasteiger partial charge < -0.3 is 20.9 Å². The molecule has 0 aliphatic carbocycles. The first-order valence-electron chi connectivity index (χ1n) is 5.31. The lowest BCUT2D eigenvalue weighted by Gasteiger charge is -2.11. The lowest BCUT2D eigenvalue weighted by molar-refractivity contribution is -0.119. The minimum absolute atomic E-state index is 0.0609. The molecule has 1 amide bonds. The molecule has 0 aromatic heterocycles. The molecule has 0 heterocycles. The van der Waals surface area contributed by atoms with E-state index in [1.807, 2.05) is 0 Å². The van der Waals surface area contributed by atoms with E-state index >= 15 is 0 Å². The number of halogens is 1. The summed E-state index contributed by atoms with van der Waals surface area (Å²) in [5.74, 6) is 0.248. The molecule has 9 heteroatoms. The Morgan fingerprint density at radius 2 is 2.20 bits per heavy atom. The second-order valence-electron chi connectivity index (χ2n) is 3.51. The SMILES string of the molecule is COc1cc(C=NNC(N)=S)c(Br)cc1OCC(N)=O. The number of carbonyl (C=O) groups is 1. The highest BCUT2D eigenvalue weighted by molar-refractivity contribution is 9.10. The van der Waals surface area contributed by atoms with E-state index in [1.165, 1.54) is 13.3 Å². The Bertz CT molecular complexity index is 551. The van der Waals surface area contributed by atoms with Crippen molar-refractivity contribution in [3.8, 4) is 11.5 Å². The Morgan fingerprint density at radius 1 is 1.50 bits per heavy atom. The minimum Gasteiger partial charge on any atom is -0.493 e. The maximum atomic E-state index is 10.7. The van der Waals surface area contributed by atoms with Crippen LogP contribution in [0.5, 0.6) is 11.5 Å². The molecular weight excluding hydrogens is 348 g/mol. The van der Waals surface area contributed by atoms with Crippen molar-refractivity contribution in [2.24, 2.45) is 16.6 Å². The standard InChI is InChI=1S/C11H13BrN4O3S/c1-18-8-2-6(4-15-16-11(14)20)7(12)3-9(8)19-5-10(13)17/h2-4H,5H2,1H3,(H2,13,17)(H3,14,16,20). The molecule has 7 nitrogen and oxygen atoms in total. The fourth-order valence-corrected chi connectivity index (χ4v) is 1.71. The zero-order valence-corrected chi connectivity index (χ0v) is 13.0. The van der Waals surface area contributed by atoms with Crippen molar-refractivity contribution < 1.29 is 14.3 Å². The molecule has 5 N–H and O–H groups in total. The number of nitrogens with one attached hydrogen (secondary N) is 1. The number of primary amides is 1. The molecule has 0 bridgehead atoms. The van der Waals surface area contributed by atoms with Crippen molar-refractivity contribution >= 4 is 45.4 Å². The molecule has 0 atom stereocenters. The number of carbonyl (C=O) groups excluding carboxylic acids is 1. The Hall–Kier alpha value is -1.87. The number of methoxy groups -OCH3 is 1. The molecule has 0 saturated carbocycles. The number of hydrogen-bond acceptors (Lipinski definition) is 5. The number of ether oxygens (including phenoxy) is 2. The molecule has 108 valence electrons. The first kappa shape index (κ1) is 16.2. The third kappa shape index (κ3) is 5.02. The summed E-state index contributed by atoms with van der Waals surface area (Å²) in [7, 11) is 1.48. The van der Waals surface area contributed by atoms with Gasteiger partial charge in [0.05, 0.1) is 13.3 Å². The second kappa shape index (κ2) is 7.65. The van der Waals surface area contributed by atoms with Crippen LogP contribution in [0, 0.1) is 0 Å². The second-order valence-corrected chi connectivity index (χ2v) is 4.81. The van der Waals surface area contributed by atoms with Gasteiger partial charge in [0.1, 0.15) is 0 Å². The Labute approximate surface area is 129 Å². The van der Waals surface area contributed by atoms with Crippen LogP contribution in [0.3, 0.4) is 0 Å². The number of nitrogens with two attached hydrogens (primary N) is 2. The van der Waals surface area contributed by atoms with Gasteiger partial charge >= 0.3 is 0 Å². The molecule has 1 aromatic rings. The molecule has 1 aromatic carbocycles. The van der Waals surface area contributed by atoms with Crippen molar-refractivity contribution in [1.82, 2.24) is 5.43 Å². The highest BCUT2D eigenvalue weighted by Gasteiger charge is 2.10. The molecule has 0 aliphatic rings. The van der Waals surface area contributed by atoms with Crippen LogP contribution in [0.2, 0.25) is 0 Å². The average molecular weight is 361 g/mol. The van der Waals surface area contributed by atoms with Crippen molar-refractivity contribution in [1.29, 1.82) is 0 Å². The van der Waals surface area contributed by atoms with Crippen LogP contribution in [0.15, 0.2) is 21.7 Å². The number of benzene rings is 1. The van der Waals surface area contributed by atoms with Gasteiger partial charge in [0.15, 0.2) is 23.2 Å². The molecule has 0 fully saturated rings. The van der Waals surface area contributed by atoms with E-state index < -0.39 is 5.91 Å². The van der Waals surface area contributed by atoms with E-state index in [1.54, 1.807) is 12.1 Å². The van der Waals surface area contributed by atoms with Crippen LogP contribution in [0.1, 0.15) is 5.56 Å². The van der Waals surface area contributed by atoms with Gasteiger partial charge in [-0.25, -0.2) is 0 Å². The molecule has 0 spiro atoms. The van der Waals surface area contributed by atoms with Crippen LogP contribution in [-0.2, 0) is 4.79 Å². The Kier molecular flexibility index (Phi) is 6.19. The number of hydrazone groups is 1. The van der Waals surface area contributed by atoms with Gasteiger partial charge in [0, 0.05) is 10.0 Å². The van der Waals surface area contributed by atoms with Gasteiger partial charge in [0.25, 0.3) is 5.91 Å². The van der Waals surface area contributed by atoms with Gasteiger partial charge in [-0.05, 0) is 40.3 Å². The van der Waals surface area contributed by atoms with Gasteiger partial charge in [-0.1, -0.05) is 0 Å².